The minimum absolute atomic E-state index is 0.0792. The Morgan fingerprint density at radius 3 is 2.57 bits per heavy atom. The molecule has 3 heterocycles. The number of nitrogens with zero attached hydrogens (tertiary/aromatic N) is 3. The Labute approximate surface area is 176 Å². The summed E-state index contributed by atoms with van der Waals surface area (Å²) >= 11 is 0. The number of hydrogen-bond donors (Lipinski definition) is 0. The minimum Gasteiger partial charge on any atom is -0.497 e. The average molecular weight is 434 g/mol. The number of anilines is 1. The summed E-state index contributed by atoms with van der Waals surface area (Å²) in [7, 11) is -2.04. The summed E-state index contributed by atoms with van der Waals surface area (Å²) in [6.45, 7) is 4.54. The van der Waals surface area contributed by atoms with E-state index in [1.165, 1.54) is 4.31 Å². The predicted octanol–water partition coefficient (Wildman–Crippen LogP) is 2.68. The third-order valence-corrected chi connectivity index (χ3v) is 8.18. The van der Waals surface area contributed by atoms with Gasteiger partial charge in [0.05, 0.1) is 7.11 Å². The Morgan fingerprint density at radius 2 is 1.93 bits per heavy atom. The van der Waals surface area contributed by atoms with E-state index in [-0.39, 0.29) is 16.7 Å². The van der Waals surface area contributed by atoms with E-state index in [2.05, 4.69) is 5.16 Å². The van der Waals surface area contributed by atoms with Gasteiger partial charge in [-0.05, 0) is 63.3 Å². The van der Waals surface area contributed by atoms with Crippen LogP contribution in [0.2, 0.25) is 0 Å². The van der Waals surface area contributed by atoms with Gasteiger partial charge in [0.15, 0.2) is 5.76 Å². The number of hydrogen-bond acceptors (Lipinski definition) is 6. The van der Waals surface area contributed by atoms with Crippen LogP contribution in [0.5, 0.6) is 5.75 Å². The fraction of sp³-hybridized carbons (Fsp3) is 0.524. The van der Waals surface area contributed by atoms with Crippen molar-refractivity contribution in [1.29, 1.82) is 0 Å². The molecular weight excluding hydrogens is 406 g/mol. The molecule has 8 nitrogen and oxygen atoms in total. The van der Waals surface area contributed by atoms with Crippen LogP contribution in [-0.4, -0.2) is 50.5 Å². The molecule has 2 aliphatic heterocycles. The zero-order valence-corrected chi connectivity index (χ0v) is 18.4. The van der Waals surface area contributed by atoms with Crippen LogP contribution < -0.4 is 9.64 Å². The highest BCUT2D eigenvalue weighted by Gasteiger charge is 2.37. The van der Waals surface area contributed by atoms with Gasteiger partial charge in [0, 0.05) is 31.2 Å². The molecule has 0 aliphatic carbocycles. The molecular formula is C21H27N3O5S. The molecule has 9 heteroatoms. The molecule has 1 fully saturated rings. The second-order valence-corrected chi connectivity index (χ2v) is 9.79. The molecule has 0 atom stereocenters. The lowest BCUT2D eigenvalue weighted by Gasteiger charge is -2.36. The van der Waals surface area contributed by atoms with Gasteiger partial charge in [-0.25, -0.2) is 8.42 Å². The summed E-state index contributed by atoms with van der Waals surface area (Å²) in [6.07, 6.45) is 2.84. The normalized spacial score (nSPS) is 18.3. The summed E-state index contributed by atoms with van der Waals surface area (Å²) < 4.78 is 37.8. The zero-order chi connectivity index (χ0) is 21.5. The van der Waals surface area contributed by atoms with Crippen LogP contribution in [0.4, 0.5) is 5.69 Å². The Bertz CT molecular complexity index is 1040. The second kappa shape index (κ2) is 8.03. The molecule has 30 heavy (non-hydrogen) atoms. The van der Waals surface area contributed by atoms with Crippen molar-refractivity contribution in [3.8, 4) is 5.75 Å². The summed E-state index contributed by atoms with van der Waals surface area (Å²) in [6, 6.07) is 5.82. The number of carbonyl (C=O) groups excluding carboxylic acids is 1. The number of aromatic nitrogens is 1. The number of aryl methyl sites for hydroxylation is 3. The van der Waals surface area contributed by atoms with Gasteiger partial charge >= 0.3 is 0 Å². The Hall–Kier alpha value is -2.39. The van der Waals surface area contributed by atoms with E-state index >= 15 is 0 Å². The Morgan fingerprint density at radius 1 is 1.20 bits per heavy atom. The van der Waals surface area contributed by atoms with Crippen molar-refractivity contribution in [3.63, 3.8) is 0 Å². The topological polar surface area (TPSA) is 93.0 Å². The second-order valence-electron chi connectivity index (χ2n) is 7.92. The first-order chi connectivity index (χ1) is 14.3. The molecule has 162 valence electrons. The van der Waals surface area contributed by atoms with Crippen molar-refractivity contribution < 1.29 is 22.5 Å². The number of benzene rings is 1. The van der Waals surface area contributed by atoms with Gasteiger partial charge in [-0.2, -0.15) is 4.31 Å². The van der Waals surface area contributed by atoms with Crippen molar-refractivity contribution in [2.24, 2.45) is 5.92 Å². The average Bonchev–Trinajstić information content (AvgIpc) is 3.11. The number of methoxy groups -OCH3 is 1. The molecule has 2 aliphatic rings. The van der Waals surface area contributed by atoms with Gasteiger partial charge in [0.2, 0.25) is 15.9 Å². The molecule has 4 rings (SSSR count). The van der Waals surface area contributed by atoms with E-state index in [0.29, 0.717) is 43.9 Å². The number of piperidine rings is 1. The lowest BCUT2D eigenvalue weighted by atomic mass is 9.94. The standard InChI is InChI=1S/C21H27N3O5S/c1-14-20(15(2)29-22-14)30(26,27)23-11-8-16(9-12-23)21(25)24-10-4-5-17-13-18(28-3)6-7-19(17)24/h6-7,13,16H,4-5,8-12H2,1-3H3. The number of sulfonamides is 1. The Kier molecular flexibility index (Phi) is 5.59. The van der Waals surface area contributed by atoms with Gasteiger partial charge in [-0.15, -0.1) is 0 Å². The summed E-state index contributed by atoms with van der Waals surface area (Å²) in [4.78, 5) is 15.3. The third-order valence-electron chi connectivity index (χ3n) is 6.04. The van der Waals surface area contributed by atoms with E-state index in [1.54, 1.807) is 21.0 Å². The van der Waals surface area contributed by atoms with E-state index in [1.807, 2.05) is 23.1 Å². The van der Waals surface area contributed by atoms with Crippen LogP contribution in [0.1, 0.15) is 36.3 Å². The first kappa shape index (κ1) is 20.9. The quantitative estimate of drug-likeness (QED) is 0.736. The van der Waals surface area contributed by atoms with Crippen molar-refractivity contribution in [3.05, 3.63) is 35.2 Å². The lowest BCUT2D eigenvalue weighted by molar-refractivity contribution is -0.123. The van der Waals surface area contributed by atoms with E-state index in [9.17, 15) is 13.2 Å². The highest BCUT2D eigenvalue weighted by Crippen LogP contribution is 2.34. The maximum atomic E-state index is 13.3. The minimum atomic E-state index is -3.67. The van der Waals surface area contributed by atoms with Crippen molar-refractivity contribution in [2.45, 2.75) is 44.4 Å². The fourth-order valence-corrected chi connectivity index (χ4v) is 6.23. The highest BCUT2D eigenvalue weighted by atomic mass is 32.2. The van der Waals surface area contributed by atoms with Crippen LogP contribution in [0.3, 0.4) is 0 Å². The maximum absolute atomic E-state index is 13.3. The van der Waals surface area contributed by atoms with Crippen LogP contribution in [0, 0.1) is 19.8 Å². The third kappa shape index (κ3) is 3.60. The number of rotatable bonds is 4. The lowest BCUT2D eigenvalue weighted by Crippen LogP contribution is -2.45. The molecule has 1 aromatic heterocycles. The molecule has 2 aromatic rings. The summed E-state index contributed by atoms with van der Waals surface area (Å²) in [5.74, 6) is 0.983. The fourth-order valence-electron chi connectivity index (χ4n) is 4.46. The molecule has 0 radical (unpaired) electrons. The smallest absolute Gasteiger partial charge is 0.248 e. The van der Waals surface area contributed by atoms with Crippen molar-refractivity contribution >= 4 is 21.6 Å². The van der Waals surface area contributed by atoms with Gasteiger partial charge < -0.3 is 14.2 Å². The summed E-state index contributed by atoms with van der Waals surface area (Å²) in [5, 5.41) is 3.76. The number of fused-ring (bicyclic) bond motifs is 1. The first-order valence-electron chi connectivity index (χ1n) is 10.2. The van der Waals surface area contributed by atoms with Crippen LogP contribution in [-0.2, 0) is 21.2 Å². The van der Waals surface area contributed by atoms with Crippen molar-refractivity contribution in [1.82, 2.24) is 9.46 Å². The van der Waals surface area contributed by atoms with Gasteiger partial charge in [-0.3, -0.25) is 4.79 Å². The molecule has 0 unspecified atom stereocenters. The SMILES string of the molecule is COc1ccc2c(c1)CCCN2C(=O)C1CCN(S(=O)(=O)c2c(C)noc2C)CC1. The van der Waals surface area contributed by atoms with E-state index < -0.39 is 10.0 Å². The maximum Gasteiger partial charge on any atom is 0.248 e. The first-order valence-corrected chi connectivity index (χ1v) is 11.7. The van der Waals surface area contributed by atoms with Gasteiger partial charge in [0.1, 0.15) is 16.3 Å². The molecule has 1 amide bonds. The van der Waals surface area contributed by atoms with Crippen molar-refractivity contribution in [2.75, 3.05) is 31.6 Å². The van der Waals surface area contributed by atoms with Gasteiger partial charge in [-0.1, -0.05) is 5.16 Å². The molecule has 0 N–H and O–H groups in total. The molecule has 1 saturated heterocycles. The van der Waals surface area contributed by atoms with Crippen LogP contribution in [0.15, 0.2) is 27.6 Å². The predicted molar refractivity (Wildman–Crippen MR) is 111 cm³/mol. The summed E-state index contributed by atoms with van der Waals surface area (Å²) in [5.41, 5.74) is 2.43. The number of carbonyl (C=O) groups is 1. The molecule has 1 aromatic carbocycles. The Balaban J connectivity index is 1.47. The zero-order valence-electron chi connectivity index (χ0n) is 17.6. The van der Waals surface area contributed by atoms with Crippen LogP contribution in [0.25, 0.3) is 0 Å². The molecule has 0 saturated carbocycles. The van der Waals surface area contributed by atoms with E-state index in [4.69, 9.17) is 9.26 Å². The highest BCUT2D eigenvalue weighted by molar-refractivity contribution is 7.89. The largest absolute Gasteiger partial charge is 0.497 e. The molecule has 0 bridgehead atoms. The van der Waals surface area contributed by atoms with Gasteiger partial charge in [0.25, 0.3) is 0 Å². The molecule has 0 spiro atoms. The monoisotopic (exact) mass is 433 g/mol. The number of amides is 1. The van der Waals surface area contributed by atoms with Crippen LogP contribution >= 0.6 is 0 Å². The number of ether oxygens (including phenoxy) is 1. The van der Waals surface area contributed by atoms with E-state index in [0.717, 1.165) is 29.8 Å².